The molecule has 1 rings (SSSR count). The molecule has 0 spiro atoms. The second-order valence-electron chi connectivity index (χ2n) is 2.27. The van der Waals surface area contributed by atoms with E-state index in [-0.39, 0.29) is 15.3 Å². The van der Waals surface area contributed by atoms with Crippen molar-refractivity contribution in [1.82, 2.24) is 10.2 Å². The first-order valence-electron chi connectivity index (χ1n) is 3.66. The smallest absolute Gasteiger partial charge is 0.195 e. The molecule has 0 bridgehead atoms. The highest BCUT2D eigenvalue weighted by Crippen LogP contribution is 2.34. The van der Waals surface area contributed by atoms with Crippen molar-refractivity contribution in [1.29, 1.82) is 0 Å². The lowest BCUT2D eigenvalue weighted by molar-refractivity contribution is 0.316. The number of aromatic nitrogens is 2. The highest BCUT2D eigenvalue weighted by atomic mass is 35.5. The van der Waals surface area contributed by atoms with Crippen molar-refractivity contribution >= 4 is 34.8 Å². The van der Waals surface area contributed by atoms with Crippen LogP contribution in [-0.4, -0.2) is 16.8 Å². The van der Waals surface area contributed by atoms with Crippen LogP contribution in [0.4, 0.5) is 0 Å². The van der Waals surface area contributed by atoms with Crippen LogP contribution in [0.5, 0.6) is 5.75 Å². The second kappa shape index (κ2) is 4.84. The van der Waals surface area contributed by atoms with E-state index in [1.165, 1.54) is 0 Å². The Morgan fingerprint density at radius 1 is 1.15 bits per heavy atom. The van der Waals surface area contributed by atoms with Crippen molar-refractivity contribution in [2.45, 2.75) is 13.3 Å². The highest BCUT2D eigenvalue weighted by Gasteiger charge is 2.13. The maximum absolute atomic E-state index is 5.79. The molecule has 72 valence electrons. The molecule has 0 aliphatic heterocycles. The minimum atomic E-state index is 0.0946. The molecule has 13 heavy (non-hydrogen) atoms. The largest absolute Gasteiger partial charge is 0.489 e. The van der Waals surface area contributed by atoms with E-state index in [1.54, 1.807) is 0 Å². The summed E-state index contributed by atoms with van der Waals surface area (Å²) in [5.74, 6) is 0.296. The molecular formula is C7H7Cl3N2O. The minimum Gasteiger partial charge on any atom is -0.489 e. The predicted octanol–water partition coefficient (Wildman–Crippen LogP) is 3.23. The molecule has 1 aromatic rings. The third-order valence-corrected chi connectivity index (χ3v) is 2.20. The van der Waals surface area contributed by atoms with Crippen LogP contribution in [0.15, 0.2) is 0 Å². The summed E-state index contributed by atoms with van der Waals surface area (Å²) in [4.78, 5) is 0. The van der Waals surface area contributed by atoms with Gasteiger partial charge in [-0.2, -0.15) is 0 Å². The standard InChI is InChI=1S/C7H7Cl3N2O/c1-2-3-13-5-4(8)6(9)11-12-7(5)10/h2-3H2,1H3. The summed E-state index contributed by atoms with van der Waals surface area (Å²) in [7, 11) is 0. The van der Waals surface area contributed by atoms with Crippen LogP contribution in [0.1, 0.15) is 13.3 Å². The van der Waals surface area contributed by atoms with E-state index in [9.17, 15) is 0 Å². The Morgan fingerprint density at radius 3 is 2.38 bits per heavy atom. The van der Waals surface area contributed by atoms with Gasteiger partial charge >= 0.3 is 0 Å². The Kier molecular flexibility index (Phi) is 4.03. The molecule has 0 fully saturated rings. The van der Waals surface area contributed by atoms with E-state index in [0.29, 0.717) is 12.4 Å². The zero-order chi connectivity index (χ0) is 9.84. The van der Waals surface area contributed by atoms with Crippen molar-refractivity contribution < 1.29 is 4.74 Å². The zero-order valence-corrected chi connectivity index (χ0v) is 9.12. The molecule has 0 aromatic carbocycles. The predicted molar refractivity (Wildman–Crippen MR) is 52.8 cm³/mol. The van der Waals surface area contributed by atoms with Gasteiger partial charge in [0.15, 0.2) is 16.1 Å². The number of halogens is 3. The molecule has 0 amide bonds. The molecule has 6 heteroatoms. The average molecular weight is 242 g/mol. The van der Waals surface area contributed by atoms with Gasteiger partial charge in [0.1, 0.15) is 5.02 Å². The first kappa shape index (κ1) is 10.8. The van der Waals surface area contributed by atoms with E-state index in [2.05, 4.69) is 10.2 Å². The normalized spacial score (nSPS) is 10.2. The second-order valence-corrected chi connectivity index (χ2v) is 3.37. The third-order valence-electron chi connectivity index (χ3n) is 1.24. The van der Waals surface area contributed by atoms with Crippen LogP contribution in [-0.2, 0) is 0 Å². The number of nitrogens with zero attached hydrogens (tertiary/aromatic N) is 2. The topological polar surface area (TPSA) is 35.0 Å². The number of rotatable bonds is 3. The first-order chi connectivity index (χ1) is 6.16. The zero-order valence-electron chi connectivity index (χ0n) is 6.85. The van der Waals surface area contributed by atoms with Gasteiger partial charge in [0.25, 0.3) is 0 Å². The summed E-state index contributed by atoms with van der Waals surface area (Å²) in [5.41, 5.74) is 0. The van der Waals surface area contributed by atoms with Gasteiger partial charge in [0.05, 0.1) is 6.61 Å². The number of ether oxygens (including phenoxy) is 1. The monoisotopic (exact) mass is 240 g/mol. The number of hydrogen-bond acceptors (Lipinski definition) is 3. The molecule has 0 N–H and O–H groups in total. The van der Waals surface area contributed by atoms with Gasteiger partial charge in [-0.1, -0.05) is 41.7 Å². The van der Waals surface area contributed by atoms with Crippen LogP contribution >= 0.6 is 34.8 Å². The van der Waals surface area contributed by atoms with Gasteiger partial charge in [-0.25, -0.2) is 0 Å². The van der Waals surface area contributed by atoms with Gasteiger partial charge in [-0.05, 0) is 6.42 Å². The van der Waals surface area contributed by atoms with E-state index in [4.69, 9.17) is 39.5 Å². The van der Waals surface area contributed by atoms with Crippen LogP contribution in [0.3, 0.4) is 0 Å². The van der Waals surface area contributed by atoms with Gasteiger partial charge in [0.2, 0.25) is 0 Å². The van der Waals surface area contributed by atoms with Crippen molar-refractivity contribution in [2.75, 3.05) is 6.61 Å². The molecular weight excluding hydrogens is 234 g/mol. The molecule has 0 saturated heterocycles. The Balaban J connectivity index is 2.96. The van der Waals surface area contributed by atoms with Gasteiger partial charge in [-0.3, -0.25) is 0 Å². The molecule has 0 unspecified atom stereocenters. The summed E-state index contributed by atoms with van der Waals surface area (Å²) in [6.45, 7) is 2.49. The molecule has 0 aliphatic rings. The van der Waals surface area contributed by atoms with Crippen LogP contribution in [0.2, 0.25) is 15.3 Å². The summed E-state index contributed by atoms with van der Waals surface area (Å²) < 4.78 is 5.25. The molecule has 0 radical (unpaired) electrons. The van der Waals surface area contributed by atoms with Gasteiger partial charge in [0, 0.05) is 0 Å². The number of hydrogen-bond donors (Lipinski definition) is 0. The Bertz CT molecular complexity index is 306. The SMILES string of the molecule is CCCOc1c(Cl)nnc(Cl)c1Cl. The Hall–Kier alpha value is -0.250. The fourth-order valence-corrected chi connectivity index (χ4v) is 1.23. The van der Waals surface area contributed by atoms with Crippen LogP contribution in [0, 0.1) is 0 Å². The molecule has 3 nitrogen and oxygen atoms in total. The van der Waals surface area contributed by atoms with Crippen LogP contribution in [0.25, 0.3) is 0 Å². The van der Waals surface area contributed by atoms with E-state index in [1.807, 2.05) is 6.92 Å². The maximum Gasteiger partial charge on any atom is 0.195 e. The highest BCUT2D eigenvalue weighted by molar-refractivity contribution is 6.43. The molecule has 0 aliphatic carbocycles. The van der Waals surface area contributed by atoms with E-state index in [0.717, 1.165) is 6.42 Å². The van der Waals surface area contributed by atoms with Crippen molar-refractivity contribution in [2.24, 2.45) is 0 Å². The lowest BCUT2D eigenvalue weighted by atomic mass is 10.5. The summed E-state index contributed by atoms with van der Waals surface area (Å²) in [6, 6.07) is 0. The van der Waals surface area contributed by atoms with E-state index < -0.39 is 0 Å². The molecule has 1 heterocycles. The Labute approximate surface area is 91.0 Å². The van der Waals surface area contributed by atoms with E-state index >= 15 is 0 Å². The third kappa shape index (κ3) is 2.59. The fraction of sp³-hybridized carbons (Fsp3) is 0.429. The van der Waals surface area contributed by atoms with Crippen molar-refractivity contribution in [3.63, 3.8) is 0 Å². The average Bonchev–Trinajstić information content (AvgIpc) is 2.12. The molecule has 1 aromatic heterocycles. The maximum atomic E-state index is 5.79. The van der Waals surface area contributed by atoms with Crippen molar-refractivity contribution in [3.8, 4) is 5.75 Å². The van der Waals surface area contributed by atoms with Crippen LogP contribution < -0.4 is 4.74 Å². The van der Waals surface area contributed by atoms with Gasteiger partial charge in [-0.15, -0.1) is 10.2 Å². The fourth-order valence-electron chi connectivity index (χ4n) is 0.688. The molecule has 0 saturated carbocycles. The lowest BCUT2D eigenvalue weighted by Crippen LogP contribution is -1.99. The quantitative estimate of drug-likeness (QED) is 0.815. The van der Waals surface area contributed by atoms with Gasteiger partial charge < -0.3 is 4.74 Å². The lowest BCUT2D eigenvalue weighted by Gasteiger charge is -2.07. The Morgan fingerprint density at radius 2 is 1.77 bits per heavy atom. The molecule has 0 atom stereocenters. The summed E-state index contributed by atoms with van der Waals surface area (Å²) in [5, 5.41) is 7.51. The summed E-state index contributed by atoms with van der Waals surface area (Å²) in [6.07, 6.45) is 0.854. The van der Waals surface area contributed by atoms with Crippen molar-refractivity contribution in [3.05, 3.63) is 15.3 Å². The first-order valence-corrected chi connectivity index (χ1v) is 4.80. The summed E-state index contributed by atoms with van der Waals surface area (Å²) >= 11 is 17.1. The minimum absolute atomic E-state index is 0.0946.